The Bertz CT molecular complexity index is 930. The SMILES string of the molecule is CCOC(=O)c1c(NC(=O)C(CC)Oc2ccccc2)sc(C(=O)OC(C)(C)C)c1C. The van der Waals surface area contributed by atoms with Crippen molar-refractivity contribution in [2.45, 2.75) is 59.7 Å². The van der Waals surface area contributed by atoms with Crippen LogP contribution >= 0.6 is 11.3 Å². The number of hydrogen-bond acceptors (Lipinski definition) is 7. The van der Waals surface area contributed by atoms with Crippen LogP contribution in [0.4, 0.5) is 5.00 Å². The topological polar surface area (TPSA) is 90.9 Å². The Morgan fingerprint density at radius 2 is 1.71 bits per heavy atom. The van der Waals surface area contributed by atoms with Gasteiger partial charge < -0.3 is 19.5 Å². The van der Waals surface area contributed by atoms with Crippen LogP contribution in [-0.4, -0.2) is 36.2 Å². The highest BCUT2D eigenvalue weighted by atomic mass is 32.1. The number of benzene rings is 1. The number of esters is 2. The largest absolute Gasteiger partial charge is 0.481 e. The van der Waals surface area contributed by atoms with Gasteiger partial charge in [0.25, 0.3) is 5.91 Å². The Kier molecular flexibility index (Phi) is 8.21. The summed E-state index contributed by atoms with van der Waals surface area (Å²) in [5, 5.41) is 2.98. The molecule has 7 nitrogen and oxygen atoms in total. The Hall–Kier alpha value is -2.87. The number of carbonyl (C=O) groups excluding carboxylic acids is 3. The van der Waals surface area contributed by atoms with Crippen molar-refractivity contribution < 1.29 is 28.6 Å². The van der Waals surface area contributed by atoms with Crippen molar-refractivity contribution in [1.82, 2.24) is 0 Å². The van der Waals surface area contributed by atoms with Crippen LogP contribution < -0.4 is 10.1 Å². The van der Waals surface area contributed by atoms with E-state index < -0.39 is 29.6 Å². The third-order valence-corrected chi connectivity index (χ3v) is 5.32. The lowest BCUT2D eigenvalue weighted by atomic mass is 10.1. The Labute approximate surface area is 186 Å². The quantitative estimate of drug-likeness (QED) is 0.574. The molecular formula is C23H29NO6S. The van der Waals surface area contributed by atoms with Gasteiger partial charge in [-0.25, -0.2) is 9.59 Å². The van der Waals surface area contributed by atoms with Crippen LogP contribution in [0.15, 0.2) is 30.3 Å². The van der Waals surface area contributed by atoms with Crippen molar-refractivity contribution in [3.63, 3.8) is 0 Å². The molecular weight excluding hydrogens is 418 g/mol. The van der Waals surface area contributed by atoms with E-state index in [2.05, 4.69) is 5.32 Å². The molecule has 0 radical (unpaired) electrons. The van der Waals surface area contributed by atoms with E-state index in [1.54, 1.807) is 46.8 Å². The second kappa shape index (κ2) is 10.4. The lowest BCUT2D eigenvalue weighted by Crippen LogP contribution is -2.32. The summed E-state index contributed by atoms with van der Waals surface area (Å²) in [6.45, 7) is 10.6. The third kappa shape index (κ3) is 6.55. The standard InChI is InChI=1S/C23H29NO6S/c1-7-16(29-15-12-10-9-11-13-15)19(25)24-20-17(21(26)28-8-2)14(3)18(31-20)22(27)30-23(4,5)6/h9-13,16H,7-8H2,1-6H3,(H,24,25). The van der Waals surface area contributed by atoms with E-state index in [9.17, 15) is 14.4 Å². The molecule has 0 saturated heterocycles. The van der Waals surface area contributed by atoms with Gasteiger partial charge in [-0.1, -0.05) is 25.1 Å². The fourth-order valence-electron chi connectivity index (χ4n) is 2.75. The van der Waals surface area contributed by atoms with Gasteiger partial charge in [0, 0.05) is 0 Å². The number of carbonyl (C=O) groups is 3. The molecule has 1 aromatic carbocycles. The van der Waals surface area contributed by atoms with Gasteiger partial charge in [-0.15, -0.1) is 11.3 Å². The molecule has 0 fully saturated rings. The van der Waals surface area contributed by atoms with Crippen LogP contribution in [0.2, 0.25) is 0 Å². The molecule has 0 bridgehead atoms. The number of hydrogen-bond donors (Lipinski definition) is 1. The molecule has 2 aromatic rings. The van der Waals surface area contributed by atoms with E-state index in [1.165, 1.54) is 0 Å². The van der Waals surface area contributed by atoms with E-state index in [0.717, 1.165) is 11.3 Å². The highest BCUT2D eigenvalue weighted by Crippen LogP contribution is 2.35. The van der Waals surface area contributed by atoms with Crippen molar-refractivity contribution in [3.05, 3.63) is 46.3 Å². The van der Waals surface area contributed by atoms with Gasteiger partial charge in [0.15, 0.2) is 6.10 Å². The van der Waals surface area contributed by atoms with Crippen LogP contribution in [0.5, 0.6) is 5.75 Å². The molecule has 31 heavy (non-hydrogen) atoms. The number of thiophene rings is 1. The number of rotatable bonds is 8. The van der Waals surface area contributed by atoms with Crippen LogP contribution in [0.3, 0.4) is 0 Å². The molecule has 0 spiro atoms. The zero-order valence-corrected chi connectivity index (χ0v) is 19.6. The summed E-state index contributed by atoms with van der Waals surface area (Å²) in [6, 6.07) is 9.00. The summed E-state index contributed by atoms with van der Waals surface area (Å²) in [5.74, 6) is -1.03. The van der Waals surface area contributed by atoms with Crippen LogP contribution in [-0.2, 0) is 14.3 Å². The van der Waals surface area contributed by atoms with Crippen LogP contribution in [0.1, 0.15) is 66.6 Å². The molecule has 2 rings (SSSR count). The molecule has 0 aliphatic heterocycles. The summed E-state index contributed by atoms with van der Waals surface area (Å²) < 4.78 is 16.4. The maximum atomic E-state index is 12.9. The minimum Gasteiger partial charge on any atom is -0.481 e. The van der Waals surface area contributed by atoms with Gasteiger partial charge in [0.1, 0.15) is 21.2 Å². The van der Waals surface area contributed by atoms with Gasteiger partial charge >= 0.3 is 11.9 Å². The van der Waals surface area contributed by atoms with Gasteiger partial charge in [-0.2, -0.15) is 0 Å². The van der Waals surface area contributed by atoms with E-state index in [-0.39, 0.29) is 22.0 Å². The lowest BCUT2D eigenvalue weighted by Gasteiger charge is -2.19. The molecule has 1 heterocycles. The first-order valence-corrected chi connectivity index (χ1v) is 10.9. The second-order valence-electron chi connectivity index (χ2n) is 7.80. The number of ether oxygens (including phenoxy) is 3. The second-order valence-corrected chi connectivity index (χ2v) is 8.82. The lowest BCUT2D eigenvalue weighted by molar-refractivity contribution is -0.122. The van der Waals surface area contributed by atoms with Gasteiger partial charge in [0.2, 0.25) is 0 Å². The molecule has 0 saturated carbocycles. The van der Waals surface area contributed by atoms with Crippen molar-refractivity contribution in [1.29, 1.82) is 0 Å². The fourth-order valence-corrected chi connectivity index (χ4v) is 3.82. The number of anilines is 1. The van der Waals surface area contributed by atoms with E-state index in [4.69, 9.17) is 14.2 Å². The zero-order valence-electron chi connectivity index (χ0n) is 18.7. The highest BCUT2D eigenvalue weighted by Gasteiger charge is 2.30. The monoisotopic (exact) mass is 447 g/mol. The summed E-state index contributed by atoms with van der Waals surface area (Å²) in [5.41, 5.74) is -0.140. The summed E-state index contributed by atoms with van der Waals surface area (Å²) in [4.78, 5) is 38.4. The Balaban J connectivity index is 2.34. The minimum absolute atomic E-state index is 0.149. The average molecular weight is 448 g/mol. The maximum Gasteiger partial charge on any atom is 0.349 e. The molecule has 1 unspecified atom stereocenters. The van der Waals surface area contributed by atoms with Crippen LogP contribution in [0.25, 0.3) is 0 Å². The maximum absolute atomic E-state index is 12.9. The number of amides is 1. The first kappa shape index (κ1) is 24.4. The number of nitrogens with one attached hydrogen (secondary N) is 1. The van der Waals surface area contributed by atoms with E-state index in [1.807, 2.05) is 25.1 Å². The highest BCUT2D eigenvalue weighted by molar-refractivity contribution is 7.18. The molecule has 0 aliphatic carbocycles. The molecule has 168 valence electrons. The summed E-state index contributed by atoms with van der Waals surface area (Å²) in [7, 11) is 0. The molecule has 8 heteroatoms. The van der Waals surface area contributed by atoms with Crippen molar-refractivity contribution >= 4 is 34.2 Å². The summed E-state index contributed by atoms with van der Waals surface area (Å²) in [6.07, 6.45) is -0.358. The van der Waals surface area contributed by atoms with Gasteiger partial charge in [0.05, 0.1) is 12.2 Å². The third-order valence-electron chi connectivity index (χ3n) is 4.13. The molecule has 0 aliphatic rings. The predicted octanol–water partition coefficient (Wildman–Crippen LogP) is 4.98. The Morgan fingerprint density at radius 3 is 2.26 bits per heavy atom. The zero-order chi connectivity index (χ0) is 23.2. The first-order valence-electron chi connectivity index (χ1n) is 10.1. The number of para-hydroxylation sites is 1. The van der Waals surface area contributed by atoms with Crippen molar-refractivity contribution in [2.24, 2.45) is 0 Å². The smallest absolute Gasteiger partial charge is 0.349 e. The predicted molar refractivity (Wildman–Crippen MR) is 120 cm³/mol. The van der Waals surface area contributed by atoms with Crippen LogP contribution in [0, 0.1) is 6.92 Å². The minimum atomic E-state index is -0.773. The molecule has 1 N–H and O–H groups in total. The van der Waals surface area contributed by atoms with E-state index in [0.29, 0.717) is 17.7 Å². The van der Waals surface area contributed by atoms with Crippen molar-refractivity contribution in [2.75, 3.05) is 11.9 Å². The first-order chi connectivity index (χ1) is 14.6. The summed E-state index contributed by atoms with van der Waals surface area (Å²) >= 11 is 0.989. The van der Waals surface area contributed by atoms with Crippen molar-refractivity contribution in [3.8, 4) is 5.75 Å². The Morgan fingerprint density at radius 1 is 1.06 bits per heavy atom. The fraction of sp³-hybridized carbons (Fsp3) is 0.435. The van der Waals surface area contributed by atoms with Gasteiger partial charge in [-0.05, 0) is 58.7 Å². The molecule has 1 amide bonds. The normalized spacial score (nSPS) is 12.1. The van der Waals surface area contributed by atoms with E-state index >= 15 is 0 Å². The molecule has 1 atom stereocenters. The van der Waals surface area contributed by atoms with Gasteiger partial charge in [-0.3, -0.25) is 4.79 Å². The average Bonchev–Trinajstić information content (AvgIpc) is 3.01. The molecule has 1 aromatic heterocycles.